The van der Waals surface area contributed by atoms with Crippen molar-refractivity contribution in [3.8, 4) is 0 Å². The lowest BCUT2D eigenvalue weighted by atomic mass is 10.1. The van der Waals surface area contributed by atoms with Crippen molar-refractivity contribution in [2.45, 2.75) is 20.0 Å². The molecule has 0 saturated heterocycles. The number of carbonyl (C=O) groups excluding carboxylic acids is 1. The maximum Gasteiger partial charge on any atom is 0.234 e. The first-order valence-electron chi connectivity index (χ1n) is 7.18. The molecule has 0 fully saturated rings. The average Bonchev–Trinajstić information content (AvgIpc) is 2.48. The molecule has 2 aromatic rings. The van der Waals surface area contributed by atoms with E-state index in [2.05, 4.69) is 36.5 Å². The van der Waals surface area contributed by atoms with Crippen molar-refractivity contribution in [2.24, 2.45) is 0 Å². The zero-order valence-electron chi connectivity index (χ0n) is 12.7. The van der Waals surface area contributed by atoms with Gasteiger partial charge in [0.05, 0.1) is 6.54 Å². The predicted octanol–water partition coefficient (Wildman–Crippen LogP) is 2.74. The van der Waals surface area contributed by atoms with E-state index in [4.69, 9.17) is 0 Å². The van der Waals surface area contributed by atoms with E-state index in [9.17, 15) is 4.79 Å². The molecule has 2 rings (SSSR count). The van der Waals surface area contributed by atoms with Crippen LogP contribution >= 0.6 is 0 Å². The predicted molar refractivity (Wildman–Crippen MR) is 85.8 cm³/mol. The van der Waals surface area contributed by atoms with Gasteiger partial charge in [-0.15, -0.1) is 0 Å². The van der Waals surface area contributed by atoms with Gasteiger partial charge >= 0.3 is 0 Å². The van der Waals surface area contributed by atoms with Crippen molar-refractivity contribution in [3.05, 3.63) is 71.3 Å². The van der Waals surface area contributed by atoms with Crippen LogP contribution in [0, 0.1) is 6.92 Å². The van der Waals surface area contributed by atoms with E-state index in [1.54, 1.807) is 0 Å². The summed E-state index contributed by atoms with van der Waals surface area (Å²) < 4.78 is 0. The van der Waals surface area contributed by atoms with Crippen LogP contribution in [-0.4, -0.2) is 24.4 Å². The Balaban J connectivity index is 1.75. The van der Waals surface area contributed by atoms with Gasteiger partial charge in [-0.05, 0) is 25.1 Å². The van der Waals surface area contributed by atoms with Crippen molar-refractivity contribution < 1.29 is 4.79 Å². The van der Waals surface area contributed by atoms with Gasteiger partial charge in [0.1, 0.15) is 0 Å². The van der Waals surface area contributed by atoms with Gasteiger partial charge in [-0.25, -0.2) is 0 Å². The van der Waals surface area contributed by atoms with Crippen molar-refractivity contribution in [3.63, 3.8) is 0 Å². The Morgan fingerprint density at radius 1 is 1.00 bits per heavy atom. The Bertz CT molecular complexity index is 564. The highest BCUT2D eigenvalue weighted by Crippen LogP contribution is 2.05. The first-order valence-corrected chi connectivity index (χ1v) is 7.18. The van der Waals surface area contributed by atoms with E-state index in [0.717, 1.165) is 12.1 Å². The molecule has 0 aliphatic carbocycles. The number of hydrogen-bond acceptors (Lipinski definition) is 2. The van der Waals surface area contributed by atoms with E-state index < -0.39 is 0 Å². The highest BCUT2D eigenvalue weighted by Gasteiger charge is 2.06. The molecule has 1 N–H and O–H groups in total. The zero-order chi connectivity index (χ0) is 15.1. The molecule has 0 aromatic heterocycles. The number of aryl methyl sites for hydroxylation is 1. The van der Waals surface area contributed by atoms with E-state index in [1.165, 1.54) is 11.1 Å². The topological polar surface area (TPSA) is 32.3 Å². The van der Waals surface area contributed by atoms with Crippen molar-refractivity contribution >= 4 is 5.91 Å². The number of benzene rings is 2. The van der Waals surface area contributed by atoms with Crippen LogP contribution in [0.3, 0.4) is 0 Å². The van der Waals surface area contributed by atoms with Gasteiger partial charge in [-0.1, -0.05) is 60.2 Å². The number of rotatable bonds is 6. The summed E-state index contributed by atoms with van der Waals surface area (Å²) in [7, 11) is 1.96. The number of amides is 1. The molecule has 0 aliphatic heterocycles. The Morgan fingerprint density at radius 2 is 1.67 bits per heavy atom. The van der Waals surface area contributed by atoms with Crippen LogP contribution in [0.5, 0.6) is 0 Å². The molecule has 0 atom stereocenters. The van der Waals surface area contributed by atoms with Crippen molar-refractivity contribution in [1.82, 2.24) is 10.2 Å². The molecule has 0 radical (unpaired) electrons. The van der Waals surface area contributed by atoms with Crippen LogP contribution in [0.1, 0.15) is 16.7 Å². The molecule has 21 heavy (non-hydrogen) atoms. The second-order valence-electron chi connectivity index (χ2n) is 5.42. The minimum atomic E-state index is 0.0495. The fourth-order valence-corrected chi connectivity index (χ4v) is 2.16. The van der Waals surface area contributed by atoms with Crippen LogP contribution in [0.15, 0.2) is 54.6 Å². The number of nitrogens with one attached hydrogen (secondary N) is 1. The minimum absolute atomic E-state index is 0.0495. The summed E-state index contributed by atoms with van der Waals surface area (Å²) in [6.07, 6.45) is 0. The zero-order valence-corrected chi connectivity index (χ0v) is 12.7. The Labute approximate surface area is 126 Å². The lowest BCUT2D eigenvalue weighted by molar-refractivity contribution is -0.122. The van der Waals surface area contributed by atoms with Crippen LogP contribution in [0.25, 0.3) is 0 Å². The average molecular weight is 282 g/mol. The minimum Gasteiger partial charge on any atom is -0.351 e. The number of carbonyl (C=O) groups is 1. The monoisotopic (exact) mass is 282 g/mol. The van der Waals surface area contributed by atoms with Crippen LogP contribution in [0.2, 0.25) is 0 Å². The van der Waals surface area contributed by atoms with Gasteiger partial charge in [0.2, 0.25) is 5.91 Å². The van der Waals surface area contributed by atoms with Crippen LogP contribution < -0.4 is 5.32 Å². The standard InChI is InChI=1S/C18H22N2O/c1-15-8-10-17(11-9-15)13-20(2)14-18(21)19-12-16-6-4-3-5-7-16/h3-11H,12-14H2,1-2H3,(H,19,21). The van der Waals surface area contributed by atoms with Crippen LogP contribution in [0.4, 0.5) is 0 Å². The molecule has 0 heterocycles. The summed E-state index contributed by atoms with van der Waals surface area (Å²) >= 11 is 0. The molecule has 3 heteroatoms. The Hall–Kier alpha value is -2.13. The van der Waals surface area contributed by atoms with Gasteiger partial charge in [-0.2, -0.15) is 0 Å². The first-order chi connectivity index (χ1) is 10.1. The summed E-state index contributed by atoms with van der Waals surface area (Å²) in [5.74, 6) is 0.0495. The second-order valence-corrected chi connectivity index (χ2v) is 5.42. The first kappa shape index (κ1) is 15.3. The highest BCUT2D eigenvalue weighted by atomic mass is 16.2. The quantitative estimate of drug-likeness (QED) is 0.883. The van der Waals surface area contributed by atoms with Gasteiger partial charge in [0.25, 0.3) is 0 Å². The molecule has 0 bridgehead atoms. The van der Waals surface area contributed by atoms with Gasteiger partial charge in [-0.3, -0.25) is 9.69 Å². The molecule has 0 saturated carbocycles. The number of nitrogens with zero attached hydrogens (tertiary/aromatic N) is 1. The summed E-state index contributed by atoms with van der Waals surface area (Å²) in [6.45, 7) is 3.84. The maximum atomic E-state index is 11.9. The maximum absolute atomic E-state index is 11.9. The highest BCUT2D eigenvalue weighted by molar-refractivity contribution is 5.77. The SMILES string of the molecule is Cc1ccc(CN(C)CC(=O)NCc2ccccc2)cc1. The second kappa shape index (κ2) is 7.60. The molecule has 3 nitrogen and oxygen atoms in total. The van der Waals surface area contributed by atoms with Gasteiger partial charge < -0.3 is 5.32 Å². The van der Waals surface area contributed by atoms with Crippen LogP contribution in [-0.2, 0) is 17.9 Å². The molecular weight excluding hydrogens is 260 g/mol. The van der Waals surface area contributed by atoms with Gasteiger partial charge in [0.15, 0.2) is 0 Å². The summed E-state index contributed by atoms with van der Waals surface area (Å²) in [5.41, 5.74) is 3.59. The number of hydrogen-bond donors (Lipinski definition) is 1. The fraction of sp³-hybridized carbons (Fsp3) is 0.278. The molecule has 0 aliphatic rings. The smallest absolute Gasteiger partial charge is 0.234 e. The molecule has 2 aromatic carbocycles. The summed E-state index contributed by atoms with van der Waals surface area (Å²) in [4.78, 5) is 13.9. The van der Waals surface area contributed by atoms with E-state index >= 15 is 0 Å². The van der Waals surface area contributed by atoms with E-state index in [0.29, 0.717) is 13.1 Å². The van der Waals surface area contributed by atoms with Crippen molar-refractivity contribution in [2.75, 3.05) is 13.6 Å². The lowest BCUT2D eigenvalue weighted by Gasteiger charge is -2.16. The molecule has 110 valence electrons. The molecule has 1 amide bonds. The Morgan fingerprint density at radius 3 is 2.33 bits per heavy atom. The normalized spacial score (nSPS) is 10.6. The van der Waals surface area contributed by atoms with Crippen molar-refractivity contribution in [1.29, 1.82) is 0 Å². The summed E-state index contributed by atoms with van der Waals surface area (Å²) in [6, 6.07) is 18.3. The third-order valence-electron chi connectivity index (χ3n) is 3.32. The third-order valence-corrected chi connectivity index (χ3v) is 3.32. The molecule has 0 unspecified atom stereocenters. The molecular formula is C18H22N2O. The summed E-state index contributed by atoms with van der Waals surface area (Å²) in [5, 5.41) is 2.94. The van der Waals surface area contributed by atoms with Gasteiger partial charge in [0, 0.05) is 13.1 Å². The molecule has 0 spiro atoms. The Kier molecular flexibility index (Phi) is 5.52. The largest absolute Gasteiger partial charge is 0.351 e. The lowest BCUT2D eigenvalue weighted by Crippen LogP contribution is -2.34. The number of likely N-dealkylation sites (N-methyl/N-ethyl adjacent to an activating group) is 1. The fourth-order valence-electron chi connectivity index (χ4n) is 2.16. The van der Waals surface area contributed by atoms with E-state index in [-0.39, 0.29) is 5.91 Å². The third kappa shape index (κ3) is 5.40. The van der Waals surface area contributed by atoms with E-state index in [1.807, 2.05) is 42.3 Å².